The van der Waals surface area contributed by atoms with Crippen molar-refractivity contribution in [1.29, 1.82) is 0 Å². The normalized spacial score (nSPS) is 10.4. The maximum atomic E-state index is 9.68. The number of hydrogen-bond acceptors (Lipinski definition) is 4. The summed E-state index contributed by atoms with van der Waals surface area (Å²) in [6, 6.07) is 0. The highest BCUT2D eigenvalue weighted by Gasteiger charge is 2.10. The largest absolute Gasteiger partial charge is 0.506 e. The summed E-state index contributed by atoms with van der Waals surface area (Å²) in [7, 11) is 0. The number of rotatable bonds is 3. The van der Waals surface area contributed by atoms with Gasteiger partial charge in [-0.3, -0.25) is 4.98 Å². The van der Waals surface area contributed by atoms with Gasteiger partial charge in [0.2, 0.25) is 0 Å². The van der Waals surface area contributed by atoms with Crippen LogP contribution in [0, 0.1) is 0 Å². The van der Waals surface area contributed by atoms with Crippen molar-refractivity contribution < 1.29 is 10.2 Å². The second-order valence-electron chi connectivity index (χ2n) is 2.73. The summed E-state index contributed by atoms with van der Waals surface area (Å²) in [6.07, 6.45) is 2.27. The average Bonchev–Trinajstić information content (AvgIpc) is 2.17. The van der Waals surface area contributed by atoms with E-state index in [1.165, 1.54) is 0 Å². The van der Waals surface area contributed by atoms with Gasteiger partial charge in [0, 0.05) is 23.1 Å². The first-order valence-corrected chi connectivity index (χ1v) is 4.78. The number of aromatic nitrogens is 1. The Morgan fingerprint density at radius 2 is 2.23 bits per heavy atom. The molecule has 1 aromatic heterocycles. The molecule has 72 valence electrons. The number of aliphatic hydroxyl groups is 1. The number of thiol groups is 1. The number of aryl methyl sites for hydroxylation is 1. The monoisotopic (exact) mass is 199 g/mol. The molecule has 1 rings (SSSR count). The van der Waals surface area contributed by atoms with Crippen LogP contribution in [0.15, 0.2) is 6.20 Å². The van der Waals surface area contributed by atoms with Crippen LogP contribution in [0.3, 0.4) is 0 Å². The maximum absolute atomic E-state index is 9.68. The number of nitrogens with zero attached hydrogens (tertiary/aromatic N) is 1. The summed E-state index contributed by atoms with van der Waals surface area (Å²) in [6.45, 7) is 1.81. The van der Waals surface area contributed by atoms with Gasteiger partial charge in [-0.25, -0.2) is 0 Å². The van der Waals surface area contributed by atoms with E-state index in [2.05, 4.69) is 17.6 Å². The molecule has 1 aromatic rings. The van der Waals surface area contributed by atoms with Crippen LogP contribution in [0.2, 0.25) is 0 Å². The lowest BCUT2D eigenvalue weighted by Crippen LogP contribution is -1.98. The van der Waals surface area contributed by atoms with E-state index in [0.29, 0.717) is 29.0 Å². The second kappa shape index (κ2) is 4.48. The number of hydrogen-bond donors (Lipinski definition) is 3. The Hall–Kier alpha value is -0.740. The molecule has 0 radical (unpaired) electrons. The standard InChI is InChI=1S/C9H13NO2S/c1-2-8-9(12)7(5-13)6(4-11)3-10-8/h3,11-13H,2,4-5H2,1H3. The van der Waals surface area contributed by atoms with Crippen molar-refractivity contribution in [2.75, 3.05) is 0 Å². The van der Waals surface area contributed by atoms with Gasteiger partial charge in [-0.05, 0) is 6.42 Å². The molecule has 0 fully saturated rings. The molecule has 0 bridgehead atoms. The van der Waals surface area contributed by atoms with E-state index in [9.17, 15) is 5.11 Å². The van der Waals surface area contributed by atoms with E-state index in [1.54, 1.807) is 6.20 Å². The Morgan fingerprint density at radius 1 is 1.54 bits per heavy atom. The Balaban J connectivity index is 3.23. The van der Waals surface area contributed by atoms with Crippen molar-refractivity contribution in [2.24, 2.45) is 0 Å². The fraction of sp³-hybridized carbons (Fsp3) is 0.444. The third-order valence-electron chi connectivity index (χ3n) is 1.99. The van der Waals surface area contributed by atoms with Gasteiger partial charge < -0.3 is 10.2 Å². The zero-order valence-electron chi connectivity index (χ0n) is 7.49. The Kier molecular flexibility index (Phi) is 3.57. The lowest BCUT2D eigenvalue weighted by atomic mass is 10.1. The smallest absolute Gasteiger partial charge is 0.141 e. The summed E-state index contributed by atoms with van der Waals surface area (Å²) in [5.74, 6) is 0.584. The van der Waals surface area contributed by atoms with E-state index >= 15 is 0 Å². The molecule has 4 heteroatoms. The van der Waals surface area contributed by atoms with E-state index in [1.807, 2.05) is 6.92 Å². The lowest BCUT2D eigenvalue weighted by molar-refractivity contribution is 0.279. The Labute approximate surface area is 82.9 Å². The van der Waals surface area contributed by atoms with Crippen molar-refractivity contribution in [3.63, 3.8) is 0 Å². The average molecular weight is 199 g/mol. The van der Waals surface area contributed by atoms with Crippen LogP contribution in [-0.2, 0) is 18.8 Å². The predicted molar refractivity (Wildman–Crippen MR) is 53.9 cm³/mol. The van der Waals surface area contributed by atoms with Crippen LogP contribution in [0.1, 0.15) is 23.7 Å². The van der Waals surface area contributed by atoms with Gasteiger partial charge in [0.1, 0.15) is 5.75 Å². The summed E-state index contributed by atoms with van der Waals surface area (Å²) in [4.78, 5) is 4.03. The van der Waals surface area contributed by atoms with Crippen LogP contribution in [0.25, 0.3) is 0 Å². The summed E-state index contributed by atoms with van der Waals surface area (Å²) in [5.41, 5.74) is 1.98. The third kappa shape index (κ3) is 1.95. The molecule has 13 heavy (non-hydrogen) atoms. The van der Waals surface area contributed by atoms with Gasteiger partial charge in [-0.15, -0.1) is 0 Å². The van der Waals surface area contributed by atoms with Crippen LogP contribution in [0.5, 0.6) is 5.75 Å². The molecular formula is C9H13NO2S. The molecule has 0 unspecified atom stereocenters. The molecule has 0 aromatic carbocycles. The van der Waals surface area contributed by atoms with Crippen molar-refractivity contribution in [2.45, 2.75) is 25.7 Å². The fourth-order valence-electron chi connectivity index (χ4n) is 1.19. The van der Waals surface area contributed by atoms with E-state index in [0.717, 1.165) is 0 Å². The molecule has 0 aliphatic carbocycles. The molecular weight excluding hydrogens is 186 g/mol. The SMILES string of the molecule is CCc1ncc(CO)c(CS)c1O. The van der Waals surface area contributed by atoms with E-state index < -0.39 is 0 Å². The van der Waals surface area contributed by atoms with Crippen LogP contribution < -0.4 is 0 Å². The molecule has 1 heterocycles. The summed E-state index contributed by atoms with van der Waals surface area (Å²) in [5, 5.41) is 18.6. The highest BCUT2D eigenvalue weighted by Crippen LogP contribution is 2.25. The summed E-state index contributed by atoms with van der Waals surface area (Å²) >= 11 is 4.09. The molecule has 0 atom stereocenters. The minimum absolute atomic E-state index is 0.111. The third-order valence-corrected chi connectivity index (χ3v) is 2.30. The quantitative estimate of drug-likeness (QED) is 0.643. The van der Waals surface area contributed by atoms with Gasteiger partial charge in [0.25, 0.3) is 0 Å². The number of aromatic hydroxyl groups is 1. The van der Waals surface area contributed by atoms with Gasteiger partial charge in [-0.2, -0.15) is 12.6 Å². The van der Waals surface area contributed by atoms with Gasteiger partial charge in [0.15, 0.2) is 0 Å². The van der Waals surface area contributed by atoms with Crippen molar-refractivity contribution in [3.8, 4) is 5.75 Å². The molecule has 2 N–H and O–H groups in total. The van der Waals surface area contributed by atoms with Crippen LogP contribution in [-0.4, -0.2) is 15.2 Å². The number of aliphatic hydroxyl groups excluding tert-OH is 1. The minimum atomic E-state index is -0.111. The zero-order valence-corrected chi connectivity index (χ0v) is 8.38. The van der Waals surface area contributed by atoms with Crippen molar-refractivity contribution in [1.82, 2.24) is 4.98 Å². The van der Waals surface area contributed by atoms with Gasteiger partial charge in [-0.1, -0.05) is 6.92 Å². The zero-order chi connectivity index (χ0) is 9.84. The Bertz CT molecular complexity index is 302. The Morgan fingerprint density at radius 3 is 2.69 bits per heavy atom. The van der Waals surface area contributed by atoms with E-state index in [4.69, 9.17) is 5.11 Å². The maximum Gasteiger partial charge on any atom is 0.141 e. The van der Waals surface area contributed by atoms with Crippen molar-refractivity contribution in [3.05, 3.63) is 23.0 Å². The van der Waals surface area contributed by atoms with Crippen molar-refractivity contribution >= 4 is 12.6 Å². The molecule has 0 aliphatic rings. The highest BCUT2D eigenvalue weighted by atomic mass is 32.1. The number of pyridine rings is 1. The second-order valence-corrected chi connectivity index (χ2v) is 3.04. The predicted octanol–water partition coefficient (Wildman–Crippen LogP) is 1.27. The molecule has 0 saturated heterocycles. The lowest BCUT2D eigenvalue weighted by Gasteiger charge is -2.09. The van der Waals surface area contributed by atoms with Crippen LogP contribution >= 0.6 is 12.6 Å². The molecule has 0 saturated carbocycles. The van der Waals surface area contributed by atoms with E-state index in [-0.39, 0.29) is 12.4 Å². The fourth-order valence-corrected chi connectivity index (χ4v) is 1.55. The molecule has 3 nitrogen and oxygen atoms in total. The molecule has 0 amide bonds. The molecule has 0 aliphatic heterocycles. The minimum Gasteiger partial charge on any atom is -0.506 e. The first-order chi connectivity index (χ1) is 6.24. The van der Waals surface area contributed by atoms with Gasteiger partial charge >= 0.3 is 0 Å². The topological polar surface area (TPSA) is 53.4 Å². The summed E-state index contributed by atoms with van der Waals surface area (Å²) < 4.78 is 0. The highest BCUT2D eigenvalue weighted by molar-refractivity contribution is 7.79. The van der Waals surface area contributed by atoms with Crippen LogP contribution in [0.4, 0.5) is 0 Å². The molecule has 0 spiro atoms. The first kappa shape index (κ1) is 10.3. The van der Waals surface area contributed by atoms with Gasteiger partial charge in [0.05, 0.1) is 12.3 Å². The first-order valence-electron chi connectivity index (χ1n) is 4.14.